The molecule has 20 heavy (non-hydrogen) atoms. The van der Waals surface area contributed by atoms with Gasteiger partial charge in [0.2, 0.25) is 0 Å². The Labute approximate surface area is 116 Å². The van der Waals surface area contributed by atoms with Crippen molar-refractivity contribution in [3.05, 3.63) is 36.9 Å². The lowest BCUT2D eigenvalue weighted by Gasteiger charge is -2.04. The molecular weight excluding hydrogens is 252 g/mol. The van der Waals surface area contributed by atoms with E-state index in [1.165, 1.54) is 0 Å². The van der Waals surface area contributed by atoms with Crippen LogP contribution in [0.15, 0.2) is 36.9 Å². The maximum absolute atomic E-state index is 4.42. The molecule has 0 saturated heterocycles. The van der Waals surface area contributed by atoms with Gasteiger partial charge in [-0.1, -0.05) is 13.8 Å². The quantitative estimate of drug-likeness (QED) is 0.787. The van der Waals surface area contributed by atoms with Crippen LogP contribution in [0.1, 0.15) is 13.8 Å². The van der Waals surface area contributed by atoms with E-state index in [2.05, 4.69) is 39.2 Å². The Morgan fingerprint density at radius 1 is 1.20 bits per heavy atom. The average Bonchev–Trinajstić information content (AvgIpc) is 2.85. The number of fused-ring (bicyclic) bond motifs is 1. The molecule has 0 aliphatic rings. The van der Waals surface area contributed by atoms with Gasteiger partial charge in [-0.2, -0.15) is 5.10 Å². The van der Waals surface area contributed by atoms with E-state index in [4.69, 9.17) is 0 Å². The number of nitrogens with zero attached hydrogens (tertiary/aromatic N) is 5. The zero-order chi connectivity index (χ0) is 13.9. The van der Waals surface area contributed by atoms with Crippen molar-refractivity contribution >= 4 is 22.7 Å². The molecule has 3 aromatic rings. The van der Waals surface area contributed by atoms with Crippen LogP contribution in [-0.4, -0.2) is 24.7 Å². The molecule has 0 fully saturated rings. The minimum absolute atomic E-state index is 0.566. The molecular formula is C14H16N6. The first-order valence-corrected chi connectivity index (χ1v) is 6.58. The Kier molecular flexibility index (Phi) is 3.28. The topological polar surface area (TPSA) is 68.5 Å². The van der Waals surface area contributed by atoms with Crippen molar-refractivity contribution in [2.45, 2.75) is 20.4 Å². The summed E-state index contributed by atoms with van der Waals surface area (Å²) in [5.41, 5.74) is 2.34. The minimum Gasteiger partial charge on any atom is -0.338 e. The highest BCUT2D eigenvalue weighted by Gasteiger charge is 2.03. The highest BCUT2D eigenvalue weighted by Crippen LogP contribution is 2.16. The van der Waals surface area contributed by atoms with Crippen LogP contribution in [0.25, 0.3) is 11.2 Å². The van der Waals surface area contributed by atoms with Gasteiger partial charge in [0, 0.05) is 25.1 Å². The molecule has 0 unspecified atom stereocenters. The van der Waals surface area contributed by atoms with E-state index in [0.717, 1.165) is 23.6 Å². The maximum atomic E-state index is 4.42. The Hall–Kier alpha value is -2.50. The Morgan fingerprint density at radius 2 is 2.05 bits per heavy atom. The summed E-state index contributed by atoms with van der Waals surface area (Å²) < 4.78 is 1.92. The lowest BCUT2D eigenvalue weighted by atomic mass is 10.2. The van der Waals surface area contributed by atoms with Gasteiger partial charge in [-0.05, 0) is 18.1 Å². The number of nitrogens with one attached hydrogen (secondary N) is 1. The van der Waals surface area contributed by atoms with Crippen molar-refractivity contribution in [2.24, 2.45) is 5.92 Å². The highest BCUT2D eigenvalue weighted by atomic mass is 15.3. The summed E-state index contributed by atoms with van der Waals surface area (Å²) in [6.07, 6.45) is 7.07. The van der Waals surface area contributed by atoms with E-state index in [-0.39, 0.29) is 0 Å². The predicted octanol–water partition coefficient (Wildman–Crippen LogP) is 2.62. The predicted molar refractivity (Wildman–Crippen MR) is 77.7 cm³/mol. The number of rotatable bonds is 4. The normalized spacial score (nSPS) is 11.2. The van der Waals surface area contributed by atoms with Gasteiger partial charge >= 0.3 is 0 Å². The SMILES string of the molecule is CC(C)Cn1cc(Nc2ccc3nccnc3n2)cn1. The van der Waals surface area contributed by atoms with Gasteiger partial charge in [0.05, 0.1) is 11.9 Å². The van der Waals surface area contributed by atoms with Crippen LogP contribution >= 0.6 is 0 Å². The van der Waals surface area contributed by atoms with Crippen LogP contribution in [0.3, 0.4) is 0 Å². The molecule has 0 bridgehead atoms. The van der Waals surface area contributed by atoms with E-state index in [1.54, 1.807) is 18.6 Å². The van der Waals surface area contributed by atoms with Crippen molar-refractivity contribution < 1.29 is 0 Å². The molecule has 0 atom stereocenters. The van der Waals surface area contributed by atoms with Crippen LogP contribution in [0.4, 0.5) is 11.5 Å². The van der Waals surface area contributed by atoms with Gasteiger partial charge in [-0.15, -0.1) is 0 Å². The van der Waals surface area contributed by atoms with Crippen LogP contribution in [-0.2, 0) is 6.54 Å². The van der Waals surface area contributed by atoms with Crippen LogP contribution in [0.2, 0.25) is 0 Å². The molecule has 6 heteroatoms. The van der Waals surface area contributed by atoms with Gasteiger partial charge in [-0.3, -0.25) is 9.67 Å². The Balaban J connectivity index is 1.80. The first-order valence-electron chi connectivity index (χ1n) is 6.58. The van der Waals surface area contributed by atoms with Crippen LogP contribution in [0, 0.1) is 5.92 Å². The molecule has 0 aromatic carbocycles. The number of hydrogen-bond acceptors (Lipinski definition) is 5. The largest absolute Gasteiger partial charge is 0.338 e. The number of hydrogen-bond donors (Lipinski definition) is 1. The first kappa shape index (κ1) is 12.5. The highest BCUT2D eigenvalue weighted by molar-refractivity contribution is 5.72. The number of pyridine rings is 1. The lowest BCUT2D eigenvalue weighted by molar-refractivity contribution is 0.483. The summed E-state index contributed by atoms with van der Waals surface area (Å²) >= 11 is 0. The number of aromatic nitrogens is 5. The summed E-state index contributed by atoms with van der Waals surface area (Å²) in [5, 5.41) is 7.54. The average molecular weight is 268 g/mol. The second-order valence-corrected chi connectivity index (χ2v) is 5.07. The Bertz CT molecular complexity index is 718. The Morgan fingerprint density at radius 3 is 2.90 bits per heavy atom. The van der Waals surface area contributed by atoms with E-state index in [0.29, 0.717) is 11.6 Å². The molecule has 0 aliphatic heterocycles. The first-order chi connectivity index (χ1) is 9.70. The summed E-state index contributed by atoms with van der Waals surface area (Å²) in [6.45, 7) is 5.23. The fourth-order valence-electron chi connectivity index (χ4n) is 1.97. The molecule has 3 aromatic heterocycles. The van der Waals surface area contributed by atoms with Crippen molar-refractivity contribution in [1.29, 1.82) is 0 Å². The zero-order valence-electron chi connectivity index (χ0n) is 11.5. The monoisotopic (exact) mass is 268 g/mol. The standard InChI is InChI=1S/C14H16N6/c1-10(2)8-20-9-11(7-17-20)18-13-4-3-12-14(19-13)16-6-5-15-12/h3-7,9-10H,8H2,1-2H3,(H,16,18,19). The molecule has 0 spiro atoms. The molecule has 3 rings (SSSR count). The fraction of sp³-hybridized carbons (Fsp3) is 0.286. The van der Waals surface area contributed by atoms with Crippen LogP contribution in [0.5, 0.6) is 0 Å². The van der Waals surface area contributed by atoms with Gasteiger partial charge < -0.3 is 5.32 Å². The molecule has 1 N–H and O–H groups in total. The number of anilines is 2. The summed E-state index contributed by atoms with van der Waals surface area (Å²) in [4.78, 5) is 12.8. The summed E-state index contributed by atoms with van der Waals surface area (Å²) in [7, 11) is 0. The molecule has 3 heterocycles. The third kappa shape index (κ3) is 2.74. The third-order valence-corrected chi connectivity index (χ3v) is 2.79. The minimum atomic E-state index is 0.566. The van der Waals surface area contributed by atoms with Crippen molar-refractivity contribution in [3.8, 4) is 0 Å². The molecule has 6 nitrogen and oxygen atoms in total. The van der Waals surface area contributed by atoms with E-state index in [9.17, 15) is 0 Å². The van der Waals surface area contributed by atoms with E-state index < -0.39 is 0 Å². The molecule has 0 amide bonds. The van der Waals surface area contributed by atoms with Gasteiger partial charge in [0.25, 0.3) is 0 Å². The van der Waals surface area contributed by atoms with E-state index in [1.807, 2.05) is 23.0 Å². The fourth-order valence-corrected chi connectivity index (χ4v) is 1.97. The van der Waals surface area contributed by atoms with Crippen molar-refractivity contribution in [2.75, 3.05) is 5.32 Å². The molecule has 0 saturated carbocycles. The molecule has 102 valence electrons. The zero-order valence-corrected chi connectivity index (χ0v) is 11.5. The smallest absolute Gasteiger partial charge is 0.180 e. The second kappa shape index (κ2) is 5.24. The third-order valence-electron chi connectivity index (χ3n) is 2.79. The molecule has 0 aliphatic carbocycles. The molecule has 0 radical (unpaired) electrons. The van der Waals surface area contributed by atoms with Gasteiger partial charge in [0.15, 0.2) is 5.65 Å². The van der Waals surface area contributed by atoms with Gasteiger partial charge in [0.1, 0.15) is 11.3 Å². The summed E-state index contributed by atoms with van der Waals surface area (Å²) in [6, 6.07) is 3.78. The van der Waals surface area contributed by atoms with Gasteiger partial charge in [-0.25, -0.2) is 9.97 Å². The van der Waals surface area contributed by atoms with Crippen molar-refractivity contribution in [3.63, 3.8) is 0 Å². The second-order valence-electron chi connectivity index (χ2n) is 5.07. The van der Waals surface area contributed by atoms with Crippen LogP contribution < -0.4 is 5.32 Å². The summed E-state index contributed by atoms with van der Waals surface area (Å²) in [5.74, 6) is 1.30. The lowest BCUT2D eigenvalue weighted by Crippen LogP contribution is -2.04. The van der Waals surface area contributed by atoms with E-state index >= 15 is 0 Å². The maximum Gasteiger partial charge on any atom is 0.180 e. The van der Waals surface area contributed by atoms with Crippen molar-refractivity contribution in [1.82, 2.24) is 24.7 Å².